The molecule has 0 spiro atoms. The molecule has 1 atom stereocenters. The van der Waals surface area contributed by atoms with Gasteiger partial charge in [0.1, 0.15) is 11.5 Å². The molecule has 8 heteroatoms. The standard InChI is InChI=1S/C23H20N2O5S/c1-17(29-20-12-8-18(16-24)9-13-20)23(26)30-21-14-10-19(11-15-21)25(2)31(27,28)22-6-4-3-5-7-22/h3-15,17H,1-2H3. The molecule has 0 N–H and O–H groups in total. The van der Waals surface area contributed by atoms with Gasteiger partial charge in [-0.1, -0.05) is 18.2 Å². The third-order valence-electron chi connectivity index (χ3n) is 4.45. The average Bonchev–Trinajstić information content (AvgIpc) is 2.80. The van der Waals surface area contributed by atoms with Crippen LogP contribution < -0.4 is 13.8 Å². The summed E-state index contributed by atoms with van der Waals surface area (Å²) in [5, 5.41) is 8.82. The highest BCUT2D eigenvalue weighted by Gasteiger charge is 2.21. The first kappa shape index (κ1) is 21.9. The molecule has 7 nitrogen and oxygen atoms in total. The number of esters is 1. The second kappa shape index (κ2) is 9.32. The van der Waals surface area contributed by atoms with E-state index >= 15 is 0 Å². The summed E-state index contributed by atoms with van der Waals surface area (Å²) < 4.78 is 37.4. The Kier molecular flexibility index (Phi) is 6.58. The number of nitriles is 1. The van der Waals surface area contributed by atoms with Gasteiger partial charge in [-0.25, -0.2) is 13.2 Å². The molecule has 158 valence electrons. The first-order chi connectivity index (χ1) is 14.8. The van der Waals surface area contributed by atoms with E-state index in [0.717, 1.165) is 4.31 Å². The Balaban J connectivity index is 1.64. The molecule has 3 aromatic carbocycles. The van der Waals surface area contributed by atoms with E-state index in [1.807, 2.05) is 6.07 Å². The molecule has 0 aliphatic rings. The monoisotopic (exact) mass is 436 g/mol. The fourth-order valence-corrected chi connectivity index (χ4v) is 3.89. The van der Waals surface area contributed by atoms with Gasteiger partial charge in [-0.05, 0) is 67.6 Å². The van der Waals surface area contributed by atoms with E-state index in [0.29, 0.717) is 17.0 Å². The van der Waals surface area contributed by atoms with Gasteiger partial charge in [-0.3, -0.25) is 4.31 Å². The summed E-state index contributed by atoms with van der Waals surface area (Å²) in [6.45, 7) is 1.55. The first-order valence-corrected chi connectivity index (χ1v) is 10.8. The zero-order valence-electron chi connectivity index (χ0n) is 16.9. The van der Waals surface area contributed by atoms with Crippen LogP contribution in [0.4, 0.5) is 5.69 Å². The SMILES string of the molecule is CC(Oc1ccc(C#N)cc1)C(=O)Oc1ccc(N(C)S(=O)(=O)c2ccccc2)cc1. The minimum absolute atomic E-state index is 0.182. The van der Waals surface area contributed by atoms with E-state index in [1.54, 1.807) is 61.5 Å². The van der Waals surface area contributed by atoms with Crippen molar-refractivity contribution < 1.29 is 22.7 Å². The zero-order valence-corrected chi connectivity index (χ0v) is 17.7. The van der Waals surface area contributed by atoms with E-state index in [1.165, 1.54) is 31.3 Å². The van der Waals surface area contributed by atoms with Gasteiger partial charge in [0.25, 0.3) is 10.0 Å². The van der Waals surface area contributed by atoms with Crippen LogP contribution in [0.5, 0.6) is 11.5 Å². The van der Waals surface area contributed by atoms with E-state index < -0.39 is 22.1 Å². The van der Waals surface area contributed by atoms with Crippen LogP contribution in [0.1, 0.15) is 12.5 Å². The smallest absolute Gasteiger partial charge is 0.352 e. The van der Waals surface area contributed by atoms with Gasteiger partial charge >= 0.3 is 5.97 Å². The van der Waals surface area contributed by atoms with Gasteiger partial charge in [0.05, 0.1) is 22.2 Å². The van der Waals surface area contributed by atoms with E-state index in [2.05, 4.69) is 0 Å². The van der Waals surface area contributed by atoms with Crippen molar-refractivity contribution in [3.8, 4) is 17.6 Å². The second-order valence-corrected chi connectivity index (χ2v) is 8.57. The Labute approximate surface area is 181 Å². The van der Waals surface area contributed by atoms with Crippen LogP contribution in [0.3, 0.4) is 0 Å². The van der Waals surface area contributed by atoms with Crippen molar-refractivity contribution in [3.63, 3.8) is 0 Å². The largest absolute Gasteiger partial charge is 0.479 e. The Bertz CT molecular complexity index is 1190. The molecule has 0 aromatic heterocycles. The minimum Gasteiger partial charge on any atom is -0.479 e. The Morgan fingerprint density at radius 2 is 1.52 bits per heavy atom. The average molecular weight is 436 g/mol. The van der Waals surface area contributed by atoms with Gasteiger partial charge in [0, 0.05) is 7.05 Å². The van der Waals surface area contributed by atoms with Crippen LogP contribution in [-0.4, -0.2) is 27.5 Å². The molecule has 0 radical (unpaired) electrons. The number of anilines is 1. The Morgan fingerprint density at radius 3 is 2.10 bits per heavy atom. The number of nitrogens with zero attached hydrogens (tertiary/aromatic N) is 2. The molecule has 0 heterocycles. The van der Waals surface area contributed by atoms with Gasteiger partial charge in [0.2, 0.25) is 0 Å². The number of carbonyl (C=O) groups excluding carboxylic acids is 1. The molecule has 1 unspecified atom stereocenters. The van der Waals surface area contributed by atoms with Crippen molar-refractivity contribution in [2.75, 3.05) is 11.4 Å². The molecule has 0 saturated heterocycles. The summed E-state index contributed by atoms with van der Waals surface area (Å²) >= 11 is 0. The molecule has 0 fully saturated rings. The maximum absolute atomic E-state index is 12.7. The first-order valence-electron chi connectivity index (χ1n) is 9.34. The Morgan fingerprint density at radius 1 is 0.935 bits per heavy atom. The fourth-order valence-electron chi connectivity index (χ4n) is 2.67. The number of hydrogen-bond acceptors (Lipinski definition) is 6. The third kappa shape index (κ3) is 5.21. The van der Waals surface area contributed by atoms with Crippen LogP contribution in [0.15, 0.2) is 83.8 Å². The molecule has 3 rings (SSSR count). The lowest BCUT2D eigenvalue weighted by Gasteiger charge is -2.20. The number of benzene rings is 3. The molecule has 31 heavy (non-hydrogen) atoms. The van der Waals surface area contributed by atoms with Gasteiger partial charge in [-0.15, -0.1) is 0 Å². The summed E-state index contributed by atoms with van der Waals surface area (Å²) in [4.78, 5) is 12.5. The van der Waals surface area contributed by atoms with Crippen molar-refractivity contribution in [2.45, 2.75) is 17.9 Å². The number of ether oxygens (including phenoxy) is 2. The molecule has 0 aliphatic carbocycles. The highest BCUT2D eigenvalue weighted by Crippen LogP contribution is 2.24. The summed E-state index contributed by atoms with van der Waals surface area (Å²) in [7, 11) is -2.24. The number of sulfonamides is 1. The van der Waals surface area contributed by atoms with E-state index in [4.69, 9.17) is 14.7 Å². The van der Waals surface area contributed by atoms with Crippen molar-refractivity contribution in [1.29, 1.82) is 5.26 Å². The van der Waals surface area contributed by atoms with Crippen LogP contribution in [0.2, 0.25) is 0 Å². The van der Waals surface area contributed by atoms with Crippen molar-refractivity contribution in [1.82, 2.24) is 0 Å². The predicted molar refractivity (Wildman–Crippen MR) is 115 cm³/mol. The lowest BCUT2D eigenvalue weighted by molar-refractivity contribution is -0.141. The summed E-state index contributed by atoms with van der Waals surface area (Å²) in [6.07, 6.45) is -0.881. The summed E-state index contributed by atoms with van der Waals surface area (Å²) in [5.74, 6) is 0.0865. The highest BCUT2D eigenvalue weighted by molar-refractivity contribution is 7.92. The van der Waals surface area contributed by atoms with E-state index in [-0.39, 0.29) is 10.6 Å². The number of carbonyl (C=O) groups is 1. The van der Waals surface area contributed by atoms with Crippen LogP contribution in [-0.2, 0) is 14.8 Å². The Hall–Kier alpha value is -3.83. The number of hydrogen-bond donors (Lipinski definition) is 0. The lowest BCUT2D eigenvalue weighted by atomic mass is 10.2. The maximum Gasteiger partial charge on any atom is 0.352 e. The van der Waals surface area contributed by atoms with Crippen molar-refractivity contribution in [2.24, 2.45) is 0 Å². The molecular weight excluding hydrogens is 416 g/mol. The maximum atomic E-state index is 12.7. The lowest BCUT2D eigenvalue weighted by Crippen LogP contribution is -2.28. The normalized spacial score (nSPS) is 11.8. The molecule has 0 saturated carbocycles. The molecule has 0 aliphatic heterocycles. The van der Waals surface area contributed by atoms with Crippen molar-refractivity contribution in [3.05, 3.63) is 84.4 Å². The predicted octanol–water partition coefficient (Wildman–Crippen LogP) is 3.76. The molecular formula is C23H20N2O5S. The van der Waals surface area contributed by atoms with Gasteiger partial charge in [-0.2, -0.15) is 5.26 Å². The molecule has 3 aromatic rings. The summed E-state index contributed by atoms with van der Waals surface area (Å²) in [6, 6.07) is 22.6. The van der Waals surface area contributed by atoms with Gasteiger partial charge < -0.3 is 9.47 Å². The minimum atomic E-state index is -3.70. The quantitative estimate of drug-likeness (QED) is 0.413. The van der Waals surface area contributed by atoms with Crippen LogP contribution in [0, 0.1) is 11.3 Å². The van der Waals surface area contributed by atoms with Gasteiger partial charge in [0.15, 0.2) is 6.10 Å². The zero-order chi connectivity index (χ0) is 22.4. The highest BCUT2D eigenvalue weighted by atomic mass is 32.2. The molecule has 0 bridgehead atoms. The van der Waals surface area contributed by atoms with E-state index in [9.17, 15) is 13.2 Å². The van der Waals surface area contributed by atoms with Crippen LogP contribution in [0.25, 0.3) is 0 Å². The topological polar surface area (TPSA) is 96.7 Å². The third-order valence-corrected chi connectivity index (χ3v) is 6.25. The van der Waals surface area contributed by atoms with Crippen molar-refractivity contribution >= 4 is 21.7 Å². The second-order valence-electron chi connectivity index (χ2n) is 6.60. The number of rotatable bonds is 7. The van der Waals surface area contributed by atoms with Crippen LogP contribution >= 0.6 is 0 Å². The fraction of sp³-hybridized carbons (Fsp3) is 0.130. The summed E-state index contributed by atoms with van der Waals surface area (Å²) in [5.41, 5.74) is 0.910. The molecule has 0 amide bonds.